The monoisotopic (exact) mass is 474 g/mol. The van der Waals surface area contributed by atoms with Gasteiger partial charge in [-0.1, -0.05) is 91.0 Å². The van der Waals surface area contributed by atoms with E-state index in [1.807, 2.05) is 91.0 Å². The lowest BCUT2D eigenvalue weighted by Crippen LogP contribution is -2.37. The second-order valence-corrected chi connectivity index (χ2v) is 8.21. The Balaban J connectivity index is 1.51. The van der Waals surface area contributed by atoms with Crippen LogP contribution in [0.4, 0.5) is 0 Å². The molecule has 0 bridgehead atoms. The van der Waals surface area contributed by atoms with Crippen molar-refractivity contribution in [2.24, 2.45) is 0 Å². The van der Waals surface area contributed by atoms with Crippen molar-refractivity contribution in [1.82, 2.24) is 0 Å². The Hall–Kier alpha value is -3.45. The Morgan fingerprint density at radius 2 is 1.29 bits per heavy atom. The summed E-state index contributed by atoms with van der Waals surface area (Å²) in [6.45, 7) is 1.44. The van der Waals surface area contributed by atoms with Gasteiger partial charge in [0, 0.05) is 0 Å². The molecule has 0 radical (unpaired) electrons. The Labute approximate surface area is 206 Å². The quantitative estimate of drug-likeness (QED) is 0.293. The predicted octanol–water partition coefficient (Wildman–Crippen LogP) is 4.83. The zero-order valence-electron chi connectivity index (χ0n) is 19.7. The molecule has 4 rings (SSSR count). The van der Waals surface area contributed by atoms with Crippen molar-refractivity contribution in [3.05, 3.63) is 120 Å². The number of carbonyl (C=O) groups is 1. The fourth-order valence-electron chi connectivity index (χ4n) is 3.85. The molecule has 1 heterocycles. The van der Waals surface area contributed by atoms with E-state index in [0.29, 0.717) is 25.6 Å². The van der Waals surface area contributed by atoms with Crippen molar-refractivity contribution in [2.75, 3.05) is 13.7 Å². The fraction of sp³-hybridized carbons (Fsp3) is 0.276. The summed E-state index contributed by atoms with van der Waals surface area (Å²) in [5.74, 6) is -0.139. The third-order valence-electron chi connectivity index (χ3n) is 5.65. The number of ether oxygens (including phenoxy) is 5. The predicted molar refractivity (Wildman–Crippen MR) is 131 cm³/mol. The van der Waals surface area contributed by atoms with E-state index in [9.17, 15) is 4.79 Å². The van der Waals surface area contributed by atoms with Crippen LogP contribution in [0.5, 0.6) is 0 Å². The normalized spacial score (nSPS) is 20.5. The van der Waals surface area contributed by atoms with E-state index >= 15 is 0 Å². The lowest BCUT2D eigenvalue weighted by Gasteiger charge is -2.23. The van der Waals surface area contributed by atoms with Crippen LogP contribution in [0.25, 0.3) is 0 Å². The van der Waals surface area contributed by atoms with Gasteiger partial charge >= 0.3 is 5.97 Å². The number of hydrogen-bond acceptors (Lipinski definition) is 6. The van der Waals surface area contributed by atoms with Gasteiger partial charge in [-0.25, -0.2) is 4.79 Å². The van der Waals surface area contributed by atoms with Gasteiger partial charge in [-0.3, -0.25) is 0 Å². The molecule has 6 heteroatoms. The van der Waals surface area contributed by atoms with Crippen LogP contribution in [-0.2, 0) is 48.3 Å². The fourth-order valence-corrected chi connectivity index (χ4v) is 3.85. The molecule has 35 heavy (non-hydrogen) atoms. The molecule has 1 aliphatic heterocycles. The lowest BCUT2D eigenvalue weighted by atomic mass is 10.1. The van der Waals surface area contributed by atoms with Gasteiger partial charge in [0.05, 0.1) is 39.6 Å². The molecule has 1 aliphatic rings. The first-order valence-electron chi connectivity index (χ1n) is 11.6. The topological polar surface area (TPSA) is 63.2 Å². The van der Waals surface area contributed by atoms with Gasteiger partial charge in [0.2, 0.25) is 0 Å². The molecule has 182 valence electrons. The molecular formula is C29H30O6. The van der Waals surface area contributed by atoms with Gasteiger partial charge in [0.1, 0.15) is 18.0 Å². The average molecular weight is 475 g/mol. The highest BCUT2D eigenvalue weighted by Gasteiger charge is 2.44. The smallest absolute Gasteiger partial charge is 0.333 e. The van der Waals surface area contributed by atoms with Gasteiger partial charge < -0.3 is 23.7 Å². The van der Waals surface area contributed by atoms with Crippen LogP contribution >= 0.6 is 0 Å². The summed E-state index contributed by atoms with van der Waals surface area (Å²) in [6.07, 6.45) is -0.209. The lowest BCUT2D eigenvalue weighted by molar-refractivity contribution is -0.135. The summed E-state index contributed by atoms with van der Waals surface area (Å²) < 4.78 is 29.6. The molecule has 1 saturated heterocycles. The maximum absolute atomic E-state index is 12.1. The van der Waals surface area contributed by atoms with E-state index in [4.69, 9.17) is 23.7 Å². The minimum Gasteiger partial charge on any atom is -0.486 e. The number of hydrogen-bond donors (Lipinski definition) is 0. The number of esters is 1. The second-order valence-electron chi connectivity index (χ2n) is 8.21. The standard InChI is InChI=1S/C29H30O6/c1-31-27(30)17-25-28(33-19-23-13-7-3-8-14-23)29(34-20-24-15-9-4-10-16-24)26(35-25)21-32-18-22-11-5-2-6-12-22/h2-17,26,28-29H,18-21H2,1H3/b25-17-/t26-,28-,29-/m1/s1. The number of rotatable bonds is 11. The molecule has 6 nitrogen and oxygen atoms in total. The van der Waals surface area contributed by atoms with E-state index in [0.717, 1.165) is 16.7 Å². The van der Waals surface area contributed by atoms with Gasteiger partial charge in [-0.2, -0.15) is 0 Å². The van der Waals surface area contributed by atoms with E-state index in [-0.39, 0.29) is 6.61 Å². The molecule has 0 aliphatic carbocycles. The van der Waals surface area contributed by atoms with Crippen LogP contribution in [0.15, 0.2) is 103 Å². The van der Waals surface area contributed by atoms with Gasteiger partial charge in [0.25, 0.3) is 0 Å². The maximum Gasteiger partial charge on any atom is 0.333 e. The summed E-state index contributed by atoms with van der Waals surface area (Å²) in [7, 11) is 1.33. The molecule has 0 unspecified atom stereocenters. The van der Waals surface area contributed by atoms with Crippen molar-refractivity contribution < 1.29 is 28.5 Å². The number of carbonyl (C=O) groups excluding carboxylic acids is 1. The first kappa shape index (κ1) is 24.7. The third-order valence-corrected chi connectivity index (χ3v) is 5.65. The van der Waals surface area contributed by atoms with Crippen LogP contribution in [0, 0.1) is 0 Å². The summed E-state index contributed by atoms with van der Waals surface area (Å²) in [4.78, 5) is 12.1. The second kappa shape index (κ2) is 12.9. The van der Waals surface area contributed by atoms with Gasteiger partial charge in [0.15, 0.2) is 6.10 Å². The van der Waals surface area contributed by atoms with E-state index < -0.39 is 24.3 Å². The summed E-state index contributed by atoms with van der Waals surface area (Å²) in [6, 6.07) is 29.7. The Kier molecular flexibility index (Phi) is 9.06. The van der Waals surface area contributed by atoms with E-state index in [2.05, 4.69) is 0 Å². The van der Waals surface area contributed by atoms with E-state index in [1.165, 1.54) is 13.2 Å². The minimum absolute atomic E-state index is 0.276. The highest BCUT2D eigenvalue weighted by molar-refractivity contribution is 5.82. The minimum atomic E-state index is -0.594. The molecule has 0 saturated carbocycles. The molecular weight excluding hydrogens is 444 g/mol. The van der Waals surface area contributed by atoms with Crippen LogP contribution in [0.3, 0.4) is 0 Å². The molecule has 3 aromatic rings. The number of methoxy groups -OCH3 is 1. The molecule has 3 aromatic carbocycles. The third kappa shape index (κ3) is 7.26. The maximum atomic E-state index is 12.1. The highest BCUT2D eigenvalue weighted by Crippen LogP contribution is 2.32. The summed E-state index contributed by atoms with van der Waals surface area (Å²) in [5.41, 5.74) is 3.11. The van der Waals surface area contributed by atoms with Crippen molar-refractivity contribution in [3.8, 4) is 0 Å². The molecule has 0 N–H and O–H groups in total. The van der Waals surface area contributed by atoms with Crippen molar-refractivity contribution in [3.63, 3.8) is 0 Å². The van der Waals surface area contributed by atoms with Gasteiger partial charge in [-0.05, 0) is 16.7 Å². The SMILES string of the molecule is COC(=O)/C=C1\O[C@H](COCc2ccccc2)[C@@H](OCc2ccccc2)[C@@H]1OCc1ccccc1. The zero-order chi connectivity index (χ0) is 24.3. The first-order valence-corrected chi connectivity index (χ1v) is 11.6. The highest BCUT2D eigenvalue weighted by atomic mass is 16.6. The van der Waals surface area contributed by atoms with Crippen LogP contribution in [0.2, 0.25) is 0 Å². The Morgan fingerprint density at radius 1 is 0.771 bits per heavy atom. The van der Waals surface area contributed by atoms with Crippen molar-refractivity contribution in [1.29, 1.82) is 0 Å². The van der Waals surface area contributed by atoms with Crippen molar-refractivity contribution in [2.45, 2.75) is 38.1 Å². The molecule has 1 fully saturated rings. The zero-order valence-corrected chi connectivity index (χ0v) is 19.7. The summed E-state index contributed by atoms with van der Waals surface area (Å²) in [5, 5.41) is 0. The Bertz CT molecular complexity index is 1070. The summed E-state index contributed by atoms with van der Waals surface area (Å²) >= 11 is 0. The van der Waals surface area contributed by atoms with Crippen LogP contribution in [-0.4, -0.2) is 38.0 Å². The largest absolute Gasteiger partial charge is 0.486 e. The van der Waals surface area contributed by atoms with E-state index in [1.54, 1.807) is 0 Å². The first-order chi connectivity index (χ1) is 17.2. The van der Waals surface area contributed by atoms with Crippen LogP contribution < -0.4 is 0 Å². The molecule has 3 atom stereocenters. The number of benzene rings is 3. The van der Waals surface area contributed by atoms with Gasteiger partial charge in [-0.15, -0.1) is 0 Å². The van der Waals surface area contributed by atoms with Crippen LogP contribution in [0.1, 0.15) is 16.7 Å². The average Bonchev–Trinajstić information content (AvgIpc) is 3.23. The van der Waals surface area contributed by atoms with Crippen molar-refractivity contribution >= 4 is 5.97 Å². The molecule has 0 spiro atoms. The molecule has 0 amide bonds. The Morgan fingerprint density at radius 3 is 1.83 bits per heavy atom. The molecule has 0 aromatic heterocycles.